The maximum Gasteiger partial charge on any atom is 0.236 e. The third kappa shape index (κ3) is 3.23. The molecule has 1 N–H and O–H groups in total. The van der Waals surface area contributed by atoms with Crippen LogP contribution in [0.25, 0.3) is 11.1 Å². The van der Waals surface area contributed by atoms with Crippen molar-refractivity contribution in [2.75, 3.05) is 4.72 Å². The number of nitrogens with one attached hydrogen (secondary N) is 1. The molecule has 2 aromatic carbocycles. The number of oxazole rings is 1. The standard InChI is InChI=1S/C15H13ClN2O3S/c1-10-17-14-7-6-12(8-15(14)21-10)18-22(19,20)9-11-4-2-3-5-13(11)16/h2-8,18H,9H2,1H3. The number of hydrogen-bond donors (Lipinski definition) is 1. The van der Waals surface area contributed by atoms with Crippen molar-refractivity contribution < 1.29 is 12.8 Å². The predicted octanol–water partition coefficient (Wildman–Crippen LogP) is 3.73. The second-order valence-electron chi connectivity index (χ2n) is 4.87. The van der Waals surface area contributed by atoms with E-state index in [1.54, 1.807) is 49.4 Å². The number of hydrogen-bond acceptors (Lipinski definition) is 4. The van der Waals surface area contributed by atoms with E-state index in [-0.39, 0.29) is 5.75 Å². The number of benzene rings is 2. The molecular formula is C15H13ClN2O3S. The number of sulfonamides is 1. The molecule has 1 heterocycles. The van der Waals surface area contributed by atoms with Crippen LogP contribution in [0.3, 0.4) is 0 Å². The molecule has 0 fully saturated rings. The molecule has 22 heavy (non-hydrogen) atoms. The van der Waals surface area contributed by atoms with E-state index >= 15 is 0 Å². The monoisotopic (exact) mass is 336 g/mol. The van der Waals surface area contributed by atoms with Crippen LogP contribution in [0.5, 0.6) is 0 Å². The number of aryl methyl sites for hydroxylation is 1. The maximum atomic E-state index is 12.2. The highest BCUT2D eigenvalue weighted by Crippen LogP contribution is 2.22. The molecule has 0 bridgehead atoms. The van der Waals surface area contributed by atoms with Gasteiger partial charge in [0.15, 0.2) is 11.5 Å². The van der Waals surface area contributed by atoms with Crippen molar-refractivity contribution in [3.8, 4) is 0 Å². The Morgan fingerprint density at radius 2 is 2.00 bits per heavy atom. The minimum Gasteiger partial charge on any atom is -0.441 e. The van der Waals surface area contributed by atoms with Crippen LogP contribution in [0.1, 0.15) is 11.5 Å². The highest BCUT2D eigenvalue weighted by molar-refractivity contribution is 7.91. The van der Waals surface area contributed by atoms with Gasteiger partial charge in [0.2, 0.25) is 10.0 Å². The lowest BCUT2D eigenvalue weighted by Gasteiger charge is -2.09. The van der Waals surface area contributed by atoms with E-state index in [9.17, 15) is 8.42 Å². The smallest absolute Gasteiger partial charge is 0.236 e. The Morgan fingerprint density at radius 1 is 1.23 bits per heavy atom. The van der Waals surface area contributed by atoms with Crippen molar-refractivity contribution in [2.45, 2.75) is 12.7 Å². The van der Waals surface area contributed by atoms with E-state index in [2.05, 4.69) is 9.71 Å². The fourth-order valence-corrected chi connectivity index (χ4v) is 3.64. The van der Waals surface area contributed by atoms with Crippen LogP contribution in [-0.4, -0.2) is 13.4 Å². The lowest BCUT2D eigenvalue weighted by Crippen LogP contribution is -2.15. The van der Waals surface area contributed by atoms with Crippen molar-refractivity contribution in [1.29, 1.82) is 0 Å². The van der Waals surface area contributed by atoms with E-state index in [0.717, 1.165) is 0 Å². The highest BCUT2D eigenvalue weighted by atomic mass is 35.5. The van der Waals surface area contributed by atoms with E-state index in [1.165, 1.54) is 0 Å². The summed E-state index contributed by atoms with van der Waals surface area (Å²) in [5.74, 6) is 0.339. The molecule has 5 nitrogen and oxygen atoms in total. The summed E-state index contributed by atoms with van der Waals surface area (Å²) in [6.45, 7) is 1.74. The average Bonchev–Trinajstić information content (AvgIpc) is 2.80. The van der Waals surface area contributed by atoms with Gasteiger partial charge in [0.1, 0.15) is 5.52 Å². The molecule has 0 atom stereocenters. The lowest BCUT2D eigenvalue weighted by molar-refractivity contribution is 0.561. The second kappa shape index (κ2) is 5.62. The van der Waals surface area contributed by atoms with Gasteiger partial charge in [0, 0.05) is 18.0 Å². The zero-order valence-corrected chi connectivity index (χ0v) is 13.3. The average molecular weight is 337 g/mol. The highest BCUT2D eigenvalue weighted by Gasteiger charge is 2.14. The third-order valence-electron chi connectivity index (χ3n) is 3.07. The Hall–Kier alpha value is -2.05. The molecule has 7 heteroatoms. The molecule has 3 rings (SSSR count). The topological polar surface area (TPSA) is 72.2 Å². The van der Waals surface area contributed by atoms with Crippen molar-refractivity contribution in [2.24, 2.45) is 0 Å². The Bertz CT molecular complexity index is 935. The van der Waals surface area contributed by atoms with Gasteiger partial charge < -0.3 is 4.42 Å². The first kappa shape index (κ1) is 14.9. The summed E-state index contributed by atoms with van der Waals surface area (Å²) in [6.07, 6.45) is 0. The normalized spacial score (nSPS) is 11.7. The fourth-order valence-electron chi connectivity index (χ4n) is 2.14. The second-order valence-corrected chi connectivity index (χ2v) is 7.00. The number of rotatable bonds is 4. The van der Waals surface area contributed by atoms with E-state index < -0.39 is 10.0 Å². The summed E-state index contributed by atoms with van der Waals surface area (Å²) in [7, 11) is -3.57. The molecule has 3 aromatic rings. The van der Waals surface area contributed by atoms with Gasteiger partial charge in [-0.15, -0.1) is 0 Å². The van der Waals surface area contributed by atoms with Gasteiger partial charge >= 0.3 is 0 Å². The lowest BCUT2D eigenvalue weighted by atomic mass is 10.2. The summed E-state index contributed by atoms with van der Waals surface area (Å²) >= 11 is 6.00. The van der Waals surface area contributed by atoms with Crippen LogP contribution >= 0.6 is 11.6 Å². The van der Waals surface area contributed by atoms with E-state index in [4.69, 9.17) is 16.0 Å². The fraction of sp³-hybridized carbons (Fsp3) is 0.133. The molecule has 0 aliphatic heterocycles. The molecule has 0 aliphatic rings. The minimum atomic E-state index is -3.57. The summed E-state index contributed by atoms with van der Waals surface area (Å²) in [5, 5.41) is 0.425. The first-order valence-corrected chi connectivity index (χ1v) is 8.57. The van der Waals surface area contributed by atoms with Gasteiger partial charge in [0.05, 0.1) is 11.4 Å². The van der Waals surface area contributed by atoms with Crippen molar-refractivity contribution in [1.82, 2.24) is 4.98 Å². The largest absolute Gasteiger partial charge is 0.441 e. The van der Waals surface area contributed by atoms with Crippen LogP contribution in [0.2, 0.25) is 5.02 Å². The molecule has 0 saturated heterocycles. The van der Waals surface area contributed by atoms with Gasteiger partial charge in [-0.2, -0.15) is 0 Å². The molecule has 114 valence electrons. The van der Waals surface area contributed by atoms with Crippen LogP contribution in [0.15, 0.2) is 46.9 Å². The number of anilines is 1. The molecular weight excluding hydrogens is 324 g/mol. The van der Waals surface area contributed by atoms with Crippen LogP contribution in [0, 0.1) is 6.92 Å². The summed E-state index contributed by atoms with van der Waals surface area (Å²) in [6, 6.07) is 11.8. The summed E-state index contributed by atoms with van der Waals surface area (Å²) in [5.41, 5.74) is 2.20. The van der Waals surface area contributed by atoms with Gasteiger partial charge in [-0.1, -0.05) is 29.8 Å². The Labute approximate surface area is 133 Å². The van der Waals surface area contributed by atoms with Gasteiger partial charge in [-0.25, -0.2) is 13.4 Å². The zero-order chi connectivity index (χ0) is 15.7. The molecule has 0 saturated carbocycles. The van der Waals surface area contributed by atoms with Gasteiger partial charge in [-0.05, 0) is 23.8 Å². The number of fused-ring (bicyclic) bond motifs is 1. The molecule has 0 unspecified atom stereocenters. The quantitative estimate of drug-likeness (QED) is 0.788. The predicted molar refractivity (Wildman–Crippen MR) is 86.4 cm³/mol. The third-order valence-corrected chi connectivity index (χ3v) is 4.68. The van der Waals surface area contributed by atoms with Gasteiger partial charge in [-0.3, -0.25) is 4.72 Å². The van der Waals surface area contributed by atoms with Crippen LogP contribution in [0.4, 0.5) is 5.69 Å². The van der Waals surface area contributed by atoms with Gasteiger partial charge in [0.25, 0.3) is 0 Å². The summed E-state index contributed by atoms with van der Waals surface area (Å²) < 4.78 is 32.4. The Kier molecular flexibility index (Phi) is 3.80. The minimum absolute atomic E-state index is 0.194. The number of halogens is 1. The molecule has 0 radical (unpaired) electrons. The molecule has 0 amide bonds. The maximum absolute atomic E-state index is 12.2. The molecule has 1 aromatic heterocycles. The Morgan fingerprint density at radius 3 is 2.77 bits per heavy atom. The molecule has 0 aliphatic carbocycles. The van der Waals surface area contributed by atoms with Crippen molar-refractivity contribution in [3.63, 3.8) is 0 Å². The molecule has 0 spiro atoms. The van der Waals surface area contributed by atoms with E-state index in [1.807, 2.05) is 0 Å². The first-order chi connectivity index (χ1) is 10.4. The SMILES string of the molecule is Cc1nc2ccc(NS(=O)(=O)Cc3ccccc3Cl)cc2o1. The van der Waals surface area contributed by atoms with Crippen molar-refractivity contribution in [3.05, 3.63) is 58.9 Å². The summed E-state index contributed by atoms with van der Waals surface area (Å²) in [4.78, 5) is 4.17. The number of aromatic nitrogens is 1. The van der Waals surface area contributed by atoms with Crippen molar-refractivity contribution >= 4 is 38.4 Å². The van der Waals surface area contributed by atoms with Crippen LogP contribution < -0.4 is 4.72 Å². The van der Waals surface area contributed by atoms with E-state index in [0.29, 0.717) is 33.3 Å². The Balaban J connectivity index is 1.85. The number of nitrogens with zero attached hydrogens (tertiary/aromatic N) is 1. The first-order valence-electron chi connectivity index (χ1n) is 6.54. The van der Waals surface area contributed by atoms with Crippen LogP contribution in [-0.2, 0) is 15.8 Å². The zero-order valence-electron chi connectivity index (χ0n) is 11.7.